The van der Waals surface area contributed by atoms with E-state index < -0.39 is 6.10 Å². The van der Waals surface area contributed by atoms with Crippen LogP contribution in [-0.4, -0.2) is 79.0 Å². The molecule has 3 aliphatic heterocycles. The molecule has 0 radical (unpaired) electrons. The smallest absolute Gasteiger partial charge is 0.257 e. The Bertz CT molecular complexity index is 1420. The Kier molecular flexibility index (Phi) is 8.98. The third kappa shape index (κ3) is 7.03. The SMILES string of the molecule is COc1ccc(COc2ccc(C(=O)N3CCCC3)c(OC[C@@H](O)CN3CCC4(CC3)Cc3cc(Cl)ccc3O4)c2)cc1. The molecule has 3 aromatic rings. The van der Waals surface area contributed by atoms with Crippen LogP contribution in [0.1, 0.15) is 47.2 Å². The maximum Gasteiger partial charge on any atom is 0.257 e. The number of halogens is 1. The van der Waals surface area contributed by atoms with Gasteiger partial charge in [-0.05, 0) is 66.4 Å². The third-order valence-corrected chi connectivity index (χ3v) is 8.91. The topological polar surface area (TPSA) is 80.7 Å². The molecule has 1 N–H and O–H groups in total. The first-order chi connectivity index (χ1) is 20.9. The average molecular weight is 607 g/mol. The molecule has 0 aliphatic carbocycles. The van der Waals surface area contributed by atoms with E-state index in [-0.39, 0.29) is 18.1 Å². The van der Waals surface area contributed by atoms with Gasteiger partial charge < -0.3 is 33.9 Å². The zero-order chi connectivity index (χ0) is 29.8. The summed E-state index contributed by atoms with van der Waals surface area (Å²) < 4.78 is 23.8. The van der Waals surface area contributed by atoms with Gasteiger partial charge in [-0.25, -0.2) is 0 Å². The molecule has 1 amide bonds. The van der Waals surface area contributed by atoms with Gasteiger partial charge in [-0.3, -0.25) is 4.79 Å². The predicted molar refractivity (Wildman–Crippen MR) is 165 cm³/mol. The van der Waals surface area contributed by atoms with Crippen molar-refractivity contribution in [3.63, 3.8) is 0 Å². The van der Waals surface area contributed by atoms with Crippen molar-refractivity contribution in [3.05, 3.63) is 82.4 Å². The van der Waals surface area contributed by atoms with Gasteiger partial charge >= 0.3 is 0 Å². The highest BCUT2D eigenvalue weighted by molar-refractivity contribution is 6.30. The summed E-state index contributed by atoms with van der Waals surface area (Å²) in [6, 6.07) is 18.8. The van der Waals surface area contributed by atoms with E-state index in [2.05, 4.69) is 4.90 Å². The van der Waals surface area contributed by atoms with Crippen molar-refractivity contribution < 1.29 is 28.8 Å². The monoisotopic (exact) mass is 606 g/mol. The molecule has 43 heavy (non-hydrogen) atoms. The highest BCUT2D eigenvalue weighted by Crippen LogP contribution is 2.42. The number of carbonyl (C=O) groups excluding carboxylic acids is 1. The molecule has 9 heteroatoms. The molecule has 3 aromatic carbocycles. The summed E-state index contributed by atoms with van der Waals surface area (Å²) in [4.78, 5) is 17.4. The van der Waals surface area contributed by atoms with Crippen molar-refractivity contribution in [2.45, 2.75) is 50.4 Å². The second-order valence-electron chi connectivity index (χ2n) is 11.8. The van der Waals surface area contributed by atoms with Gasteiger partial charge in [-0.2, -0.15) is 0 Å². The fraction of sp³-hybridized carbons (Fsp3) is 0.441. The van der Waals surface area contributed by atoms with Crippen molar-refractivity contribution in [3.8, 4) is 23.0 Å². The van der Waals surface area contributed by atoms with E-state index in [1.54, 1.807) is 25.3 Å². The van der Waals surface area contributed by atoms with Gasteiger partial charge in [0.25, 0.3) is 5.91 Å². The van der Waals surface area contributed by atoms with Gasteiger partial charge in [-0.15, -0.1) is 0 Å². The number of ether oxygens (including phenoxy) is 4. The van der Waals surface area contributed by atoms with E-state index in [4.69, 9.17) is 30.5 Å². The van der Waals surface area contributed by atoms with Crippen LogP contribution in [0.5, 0.6) is 23.0 Å². The molecule has 3 heterocycles. The van der Waals surface area contributed by atoms with Gasteiger partial charge in [0.2, 0.25) is 0 Å². The quantitative estimate of drug-likeness (QED) is 0.332. The number of methoxy groups -OCH3 is 1. The van der Waals surface area contributed by atoms with E-state index in [0.717, 1.165) is 80.4 Å². The van der Waals surface area contributed by atoms with Crippen LogP contribution in [0.3, 0.4) is 0 Å². The minimum absolute atomic E-state index is 0.0520. The van der Waals surface area contributed by atoms with Gasteiger partial charge in [-0.1, -0.05) is 23.7 Å². The van der Waals surface area contributed by atoms with E-state index >= 15 is 0 Å². The van der Waals surface area contributed by atoms with E-state index in [1.165, 1.54) is 5.56 Å². The van der Waals surface area contributed by atoms with E-state index in [0.29, 0.717) is 30.2 Å². The number of likely N-dealkylation sites (tertiary alicyclic amines) is 2. The summed E-state index contributed by atoms with van der Waals surface area (Å²) in [6.45, 7) is 4.06. The van der Waals surface area contributed by atoms with Crippen LogP contribution in [0.25, 0.3) is 0 Å². The van der Waals surface area contributed by atoms with Crippen LogP contribution in [0, 0.1) is 0 Å². The van der Waals surface area contributed by atoms with E-state index in [9.17, 15) is 9.90 Å². The summed E-state index contributed by atoms with van der Waals surface area (Å²) >= 11 is 6.19. The minimum atomic E-state index is -0.715. The van der Waals surface area contributed by atoms with Crippen LogP contribution >= 0.6 is 11.6 Å². The Morgan fingerprint density at radius 2 is 1.72 bits per heavy atom. The van der Waals surface area contributed by atoms with Crippen LogP contribution in [-0.2, 0) is 13.0 Å². The Morgan fingerprint density at radius 3 is 2.47 bits per heavy atom. The number of aliphatic hydroxyl groups excluding tert-OH is 1. The predicted octanol–water partition coefficient (Wildman–Crippen LogP) is 5.37. The summed E-state index contributed by atoms with van der Waals surface area (Å²) in [5, 5.41) is 11.7. The van der Waals surface area contributed by atoms with Crippen molar-refractivity contribution in [2.75, 3.05) is 46.4 Å². The number of hydrogen-bond donors (Lipinski definition) is 1. The summed E-state index contributed by atoms with van der Waals surface area (Å²) in [7, 11) is 1.64. The molecule has 3 aliphatic rings. The zero-order valence-corrected chi connectivity index (χ0v) is 25.4. The van der Waals surface area contributed by atoms with Gasteiger partial charge in [0.05, 0.1) is 12.7 Å². The fourth-order valence-electron chi connectivity index (χ4n) is 6.23. The molecule has 2 saturated heterocycles. The third-order valence-electron chi connectivity index (χ3n) is 8.67. The van der Waals surface area contributed by atoms with Crippen LogP contribution < -0.4 is 18.9 Å². The number of hydrogen-bond acceptors (Lipinski definition) is 7. The number of aliphatic hydroxyl groups is 1. The number of amides is 1. The second-order valence-corrected chi connectivity index (χ2v) is 12.2. The van der Waals surface area contributed by atoms with Gasteiger partial charge in [0.15, 0.2) is 0 Å². The molecule has 0 aromatic heterocycles. The first kappa shape index (κ1) is 29.6. The van der Waals surface area contributed by atoms with Crippen molar-refractivity contribution in [1.29, 1.82) is 0 Å². The summed E-state index contributed by atoms with van der Waals surface area (Å²) in [6.07, 6.45) is 3.93. The normalized spacial score (nSPS) is 18.3. The van der Waals surface area contributed by atoms with Crippen LogP contribution in [0.2, 0.25) is 5.02 Å². The Morgan fingerprint density at radius 1 is 0.977 bits per heavy atom. The highest BCUT2D eigenvalue weighted by atomic mass is 35.5. The lowest BCUT2D eigenvalue weighted by Gasteiger charge is -2.39. The Hall–Kier alpha value is -3.46. The number of benzene rings is 3. The molecular weight excluding hydrogens is 568 g/mol. The Balaban J connectivity index is 1.06. The average Bonchev–Trinajstić information content (AvgIpc) is 3.68. The van der Waals surface area contributed by atoms with Gasteiger partial charge in [0, 0.05) is 63.1 Å². The largest absolute Gasteiger partial charge is 0.497 e. The van der Waals surface area contributed by atoms with Crippen LogP contribution in [0.4, 0.5) is 0 Å². The van der Waals surface area contributed by atoms with Gasteiger partial charge in [0.1, 0.15) is 47.9 Å². The fourth-order valence-corrected chi connectivity index (χ4v) is 6.42. The summed E-state index contributed by atoms with van der Waals surface area (Å²) in [5.74, 6) is 2.69. The lowest BCUT2D eigenvalue weighted by Crippen LogP contribution is -2.49. The maximum atomic E-state index is 13.3. The zero-order valence-electron chi connectivity index (χ0n) is 24.6. The Labute approximate surface area is 258 Å². The molecule has 8 nitrogen and oxygen atoms in total. The van der Waals surface area contributed by atoms with Crippen molar-refractivity contribution in [2.24, 2.45) is 0 Å². The van der Waals surface area contributed by atoms with Crippen molar-refractivity contribution in [1.82, 2.24) is 9.80 Å². The first-order valence-corrected chi connectivity index (χ1v) is 15.5. The standard InChI is InChI=1S/C34H39ClN2O6/c1-40-28-7-4-24(5-8-28)22-41-29-9-10-30(33(39)37-14-2-3-15-37)32(19-29)42-23-27(38)21-36-16-12-34(13-17-36)20-25-18-26(35)6-11-31(25)43-34/h4-11,18-19,27,38H,2-3,12-17,20-23H2,1H3/t27-/m0/s1. The molecule has 228 valence electrons. The lowest BCUT2D eigenvalue weighted by atomic mass is 9.87. The molecule has 6 rings (SSSR count). The number of piperidine rings is 1. The highest BCUT2D eigenvalue weighted by Gasteiger charge is 2.42. The first-order valence-electron chi connectivity index (χ1n) is 15.1. The number of β-amino-alcohol motifs (C(OH)–C–C–N with tert-alkyl or cyclic N) is 1. The molecule has 1 spiro atoms. The second kappa shape index (κ2) is 13.0. The molecular formula is C34H39ClN2O6. The lowest BCUT2D eigenvalue weighted by molar-refractivity contribution is -0.00202. The minimum Gasteiger partial charge on any atom is -0.497 e. The molecule has 0 saturated carbocycles. The summed E-state index contributed by atoms with van der Waals surface area (Å²) in [5.41, 5.74) is 2.46. The van der Waals surface area contributed by atoms with E-state index in [1.807, 2.05) is 47.4 Å². The molecule has 0 unspecified atom stereocenters. The van der Waals surface area contributed by atoms with Crippen molar-refractivity contribution >= 4 is 17.5 Å². The number of nitrogens with zero attached hydrogens (tertiary/aromatic N) is 2. The number of carbonyl (C=O) groups is 1. The number of rotatable bonds is 10. The number of fused-ring (bicyclic) bond motifs is 1. The molecule has 2 fully saturated rings. The maximum absolute atomic E-state index is 13.3. The van der Waals surface area contributed by atoms with Crippen LogP contribution in [0.15, 0.2) is 60.7 Å². The molecule has 0 bridgehead atoms. The molecule has 1 atom stereocenters.